The van der Waals surface area contributed by atoms with Crippen molar-refractivity contribution in [2.45, 2.75) is 207 Å². The number of hydrogen-bond donors (Lipinski definition) is 0. The molecule has 0 spiro atoms. The highest BCUT2D eigenvalue weighted by molar-refractivity contribution is 5.72. The van der Waals surface area contributed by atoms with E-state index in [0.29, 0.717) is 19.3 Å². The molecular weight excluding hydrogens is 1020 g/mol. The predicted octanol–water partition coefficient (Wildman–Crippen LogP) is 22.1. The van der Waals surface area contributed by atoms with Crippen molar-refractivity contribution in [2.75, 3.05) is 13.2 Å². The van der Waals surface area contributed by atoms with Gasteiger partial charge in [-0.2, -0.15) is 0 Å². The molecular formula is C77H110O6. The Bertz CT molecular complexity index is 2180. The van der Waals surface area contributed by atoms with Crippen molar-refractivity contribution < 1.29 is 28.6 Å². The maximum absolute atomic E-state index is 12.9. The zero-order valence-corrected chi connectivity index (χ0v) is 51.8. The summed E-state index contributed by atoms with van der Waals surface area (Å²) in [6, 6.07) is 0. The zero-order chi connectivity index (χ0) is 59.9. The van der Waals surface area contributed by atoms with Gasteiger partial charge in [0.15, 0.2) is 6.10 Å². The molecule has 0 fully saturated rings. The highest BCUT2D eigenvalue weighted by atomic mass is 16.6. The summed E-state index contributed by atoms with van der Waals surface area (Å²) >= 11 is 0. The largest absolute Gasteiger partial charge is 0.462 e. The Morgan fingerprint density at radius 2 is 0.482 bits per heavy atom. The average molecular weight is 1130 g/mol. The summed E-state index contributed by atoms with van der Waals surface area (Å²) in [6.45, 7) is 6.09. The Morgan fingerprint density at radius 3 is 0.771 bits per heavy atom. The van der Waals surface area contributed by atoms with Gasteiger partial charge in [-0.1, -0.05) is 264 Å². The maximum Gasteiger partial charge on any atom is 0.309 e. The van der Waals surface area contributed by atoms with Crippen molar-refractivity contribution in [3.63, 3.8) is 0 Å². The van der Waals surface area contributed by atoms with Crippen LogP contribution < -0.4 is 0 Å². The molecule has 0 aromatic heterocycles. The Morgan fingerprint density at radius 1 is 0.253 bits per heavy atom. The lowest BCUT2D eigenvalue weighted by molar-refractivity contribution is -0.166. The fraction of sp³-hybridized carbons (Fsp3) is 0.442. The highest BCUT2D eigenvalue weighted by Gasteiger charge is 2.19. The fourth-order valence-electron chi connectivity index (χ4n) is 7.28. The minimum atomic E-state index is -0.884. The number of ether oxygens (including phenoxy) is 3. The Hall–Kier alpha value is -6.79. The first-order chi connectivity index (χ1) is 41.0. The van der Waals surface area contributed by atoms with Gasteiger partial charge in [0.1, 0.15) is 13.2 Å². The van der Waals surface area contributed by atoms with Crippen LogP contribution in [0.4, 0.5) is 0 Å². The average Bonchev–Trinajstić information content (AvgIpc) is 3.49. The van der Waals surface area contributed by atoms with Gasteiger partial charge in [0.05, 0.1) is 6.42 Å². The molecule has 454 valence electrons. The quantitative estimate of drug-likeness (QED) is 0.0261. The van der Waals surface area contributed by atoms with Crippen LogP contribution in [0.3, 0.4) is 0 Å². The minimum Gasteiger partial charge on any atom is -0.462 e. The molecule has 6 heteroatoms. The van der Waals surface area contributed by atoms with Crippen molar-refractivity contribution in [1.29, 1.82) is 0 Å². The molecule has 0 N–H and O–H groups in total. The number of hydrogen-bond acceptors (Lipinski definition) is 6. The summed E-state index contributed by atoms with van der Waals surface area (Å²) in [7, 11) is 0. The van der Waals surface area contributed by atoms with Gasteiger partial charge in [0, 0.05) is 12.8 Å². The van der Waals surface area contributed by atoms with E-state index in [1.807, 2.05) is 6.08 Å². The number of rotatable bonds is 53. The molecule has 0 aromatic rings. The van der Waals surface area contributed by atoms with Crippen molar-refractivity contribution >= 4 is 17.9 Å². The monoisotopic (exact) mass is 1130 g/mol. The van der Waals surface area contributed by atoms with Crippen LogP contribution in [0.1, 0.15) is 201 Å². The van der Waals surface area contributed by atoms with Crippen molar-refractivity contribution in [2.24, 2.45) is 0 Å². The van der Waals surface area contributed by atoms with E-state index in [9.17, 15) is 14.4 Å². The minimum absolute atomic E-state index is 0.0919. The van der Waals surface area contributed by atoms with E-state index in [1.54, 1.807) is 6.08 Å². The smallest absolute Gasteiger partial charge is 0.309 e. The van der Waals surface area contributed by atoms with Crippen LogP contribution >= 0.6 is 0 Å². The van der Waals surface area contributed by atoms with Crippen LogP contribution in [0.25, 0.3) is 0 Å². The third-order valence-corrected chi connectivity index (χ3v) is 11.9. The second kappa shape index (κ2) is 67.7. The molecule has 1 atom stereocenters. The lowest BCUT2D eigenvalue weighted by atomic mass is 10.2. The lowest BCUT2D eigenvalue weighted by Crippen LogP contribution is -2.30. The maximum atomic E-state index is 12.9. The molecule has 0 rings (SSSR count). The summed E-state index contributed by atoms with van der Waals surface area (Å²) in [5.74, 6) is -1.22. The number of carbonyl (C=O) groups is 3. The molecule has 0 saturated carbocycles. The molecule has 1 unspecified atom stereocenters. The lowest BCUT2D eigenvalue weighted by Gasteiger charge is -2.18. The van der Waals surface area contributed by atoms with Crippen molar-refractivity contribution in [1.82, 2.24) is 0 Å². The van der Waals surface area contributed by atoms with Crippen LogP contribution in [0.2, 0.25) is 0 Å². The molecule has 0 aliphatic rings. The molecule has 0 bridgehead atoms. The third kappa shape index (κ3) is 65.9. The number of carbonyl (C=O) groups excluding carboxylic acids is 3. The first kappa shape index (κ1) is 76.2. The van der Waals surface area contributed by atoms with E-state index in [4.69, 9.17) is 14.2 Å². The molecule has 0 saturated heterocycles. The summed E-state index contributed by atoms with van der Waals surface area (Å²) in [6.07, 6.45) is 109. The molecule has 0 aliphatic heterocycles. The molecule has 0 radical (unpaired) electrons. The standard InChI is InChI=1S/C77H110O6/c1-4-7-10-13-16-19-22-25-28-30-32-34-35-36-37-38-39-40-41-43-44-46-49-52-55-58-61-64-67-70-76(79)82-73-74(72-81-75(78)69-66-63-60-57-54-51-48-27-24-21-18-15-12-9-6-3)83-77(80)71-68-65-62-59-56-53-50-47-45-42-33-31-29-26-23-20-17-14-11-8-5-2/h7-12,16-21,25-29,32-34,36-37,39-40,42-44,47-50,52,54,56-59,61,63,66,74H,4-6,13-15,22-24,30-31,35,38,41,45-46,51,53,55,60,62,64-65,67-73H2,1-3H3/b10-7-,11-8-,12-9-,19-16-,20-17-,21-18-,28-25-,29-26-,34-32-,37-36-,40-39-,42-33-,44-43-,48-27-,50-47-,52-49-,57-54-,59-56-,61-58-,66-63-. The summed E-state index contributed by atoms with van der Waals surface area (Å²) < 4.78 is 16.7. The van der Waals surface area contributed by atoms with Gasteiger partial charge in [-0.3, -0.25) is 14.4 Å². The van der Waals surface area contributed by atoms with Gasteiger partial charge in [-0.15, -0.1) is 0 Å². The Labute approximate surface area is 507 Å². The van der Waals surface area contributed by atoms with E-state index in [2.05, 4.69) is 252 Å². The molecule has 0 amide bonds. The van der Waals surface area contributed by atoms with E-state index in [-0.39, 0.29) is 38.4 Å². The van der Waals surface area contributed by atoms with E-state index < -0.39 is 18.0 Å². The third-order valence-electron chi connectivity index (χ3n) is 11.9. The summed E-state index contributed by atoms with van der Waals surface area (Å²) in [4.78, 5) is 38.2. The molecule has 0 aliphatic carbocycles. The topological polar surface area (TPSA) is 78.9 Å². The van der Waals surface area contributed by atoms with E-state index in [0.717, 1.165) is 141 Å². The van der Waals surface area contributed by atoms with E-state index in [1.165, 1.54) is 0 Å². The highest BCUT2D eigenvalue weighted by Crippen LogP contribution is 2.09. The summed E-state index contributed by atoms with van der Waals surface area (Å²) in [5, 5.41) is 0. The SMILES string of the molecule is CC/C=C\C/C=C\C/C=C\C/C=C\C/C=C\C/C=C\C/C=C\C/C=C\C/C=C\CCCC(=O)OCC(COC(=O)C/C=C\C/C=C\C/C=C\C/C=C\C/C=C\CC)OC(=O)CCCC/C=C\C/C=C\C/C=C\C/C=C\C/C=C\C/C=C\CC. The van der Waals surface area contributed by atoms with Crippen LogP contribution in [-0.2, 0) is 28.6 Å². The van der Waals surface area contributed by atoms with Crippen LogP contribution in [0.15, 0.2) is 243 Å². The fourth-order valence-corrected chi connectivity index (χ4v) is 7.28. The van der Waals surface area contributed by atoms with Gasteiger partial charge in [0.25, 0.3) is 0 Å². The zero-order valence-electron chi connectivity index (χ0n) is 51.8. The second-order valence-electron chi connectivity index (χ2n) is 19.5. The normalized spacial score (nSPS) is 13.8. The molecule has 6 nitrogen and oxygen atoms in total. The first-order valence-corrected chi connectivity index (χ1v) is 31.5. The van der Waals surface area contributed by atoms with Gasteiger partial charge < -0.3 is 14.2 Å². The Balaban J connectivity index is 4.67. The second-order valence-corrected chi connectivity index (χ2v) is 19.5. The van der Waals surface area contributed by atoms with Gasteiger partial charge in [-0.05, 0) is 161 Å². The predicted molar refractivity (Wildman–Crippen MR) is 361 cm³/mol. The van der Waals surface area contributed by atoms with Crippen molar-refractivity contribution in [3.8, 4) is 0 Å². The molecule has 0 heterocycles. The number of allylic oxidation sites excluding steroid dienone is 39. The van der Waals surface area contributed by atoms with Gasteiger partial charge in [0.2, 0.25) is 0 Å². The van der Waals surface area contributed by atoms with Crippen LogP contribution in [-0.4, -0.2) is 37.2 Å². The summed E-state index contributed by atoms with van der Waals surface area (Å²) in [5.41, 5.74) is 0. The van der Waals surface area contributed by atoms with Gasteiger partial charge in [-0.25, -0.2) is 0 Å². The number of esters is 3. The van der Waals surface area contributed by atoms with Crippen LogP contribution in [0, 0.1) is 0 Å². The van der Waals surface area contributed by atoms with Gasteiger partial charge >= 0.3 is 17.9 Å². The van der Waals surface area contributed by atoms with E-state index >= 15 is 0 Å². The Kier molecular flexibility index (Phi) is 62.2. The molecule has 0 aromatic carbocycles. The number of unbranched alkanes of at least 4 members (excludes halogenated alkanes) is 3. The molecule has 83 heavy (non-hydrogen) atoms. The first-order valence-electron chi connectivity index (χ1n) is 31.5. The van der Waals surface area contributed by atoms with Crippen LogP contribution in [0.5, 0.6) is 0 Å². The van der Waals surface area contributed by atoms with Crippen molar-refractivity contribution in [3.05, 3.63) is 243 Å².